The Kier molecular flexibility index (Phi) is 10.5. The summed E-state index contributed by atoms with van der Waals surface area (Å²) < 4.78 is 12.8. The van der Waals surface area contributed by atoms with Crippen molar-refractivity contribution in [2.75, 3.05) is 19.7 Å². The maximum Gasteiger partial charge on any atom is 0.303 e. The molecule has 1 saturated heterocycles. The van der Waals surface area contributed by atoms with Crippen molar-refractivity contribution in [1.82, 2.24) is 4.90 Å². The van der Waals surface area contributed by atoms with E-state index in [9.17, 15) is 9.59 Å². The van der Waals surface area contributed by atoms with Crippen LogP contribution in [0.2, 0.25) is 0 Å². The Morgan fingerprint density at radius 1 is 0.947 bits per heavy atom. The van der Waals surface area contributed by atoms with Crippen molar-refractivity contribution in [3.63, 3.8) is 0 Å². The van der Waals surface area contributed by atoms with Crippen LogP contribution in [0.1, 0.15) is 67.3 Å². The molecule has 2 aromatic carbocycles. The molecule has 38 heavy (non-hydrogen) atoms. The van der Waals surface area contributed by atoms with E-state index in [1.165, 1.54) is 25.7 Å². The summed E-state index contributed by atoms with van der Waals surface area (Å²) >= 11 is 0. The highest BCUT2D eigenvalue weighted by molar-refractivity contribution is 5.99. The molecule has 0 spiro atoms. The van der Waals surface area contributed by atoms with Gasteiger partial charge in [0.25, 0.3) is 0 Å². The number of nitrogens with zero attached hydrogens (tertiary/aromatic N) is 1. The second kappa shape index (κ2) is 14.2. The highest BCUT2D eigenvalue weighted by Crippen LogP contribution is 2.32. The minimum atomic E-state index is -0.786. The molecule has 1 saturated carbocycles. The van der Waals surface area contributed by atoms with Crippen LogP contribution in [0, 0.1) is 0 Å². The summed E-state index contributed by atoms with van der Waals surface area (Å²) in [6, 6.07) is 15.8. The Balaban J connectivity index is 1.38. The van der Waals surface area contributed by atoms with E-state index < -0.39 is 11.9 Å². The summed E-state index contributed by atoms with van der Waals surface area (Å²) in [4.78, 5) is 25.2. The molecule has 3 atom stereocenters. The van der Waals surface area contributed by atoms with Gasteiger partial charge in [0, 0.05) is 18.0 Å². The van der Waals surface area contributed by atoms with Crippen molar-refractivity contribution < 1.29 is 24.2 Å². The number of benzene rings is 2. The zero-order valence-electron chi connectivity index (χ0n) is 22.1. The number of carboxylic acid groups (broad SMARTS) is 1. The Labute approximate surface area is 225 Å². The molecule has 0 unspecified atom stereocenters. The number of carbonyl (C=O) groups is 2. The average molecular weight is 521 g/mol. The number of aliphatic carboxylic acids is 1. The third-order valence-corrected chi connectivity index (χ3v) is 7.60. The zero-order chi connectivity index (χ0) is 26.7. The lowest BCUT2D eigenvalue weighted by atomic mass is 9.98. The number of hydrogen-bond acceptors (Lipinski definition) is 5. The summed E-state index contributed by atoms with van der Waals surface area (Å²) in [6.07, 6.45) is 11.5. The summed E-state index contributed by atoms with van der Waals surface area (Å²) in [6.45, 7) is 3.17. The van der Waals surface area contributed by atoms with E-state index in [2.05, 4.69) is 4.90 Å². The first-order valence-electron chi connectivity index (χ1n) is 13.8. The van der Waals surface area contributed by atoms with Gasteiger partial charge in [-0.2, -0.15) is 0 Å². The van der Waals surface area contributed by atoms with E-state index >= 15 is 0 Å². The fourth-order valence-electron chi connectivity index (χ4n) is 5.62. The molecule has 4 rings (SSSR count). The predicted molar refractivity (Wildman–Crippen MR) is 148 cm³/mol. The molecule has 0 radical (unpaired) electrons. The minimum absolute atomic E-state index is 0.00550. The van der Waals surface area contributed by atoms with Crippen LogP contribution >= 0.6 is 0 Å². The molecule has 7 heteroatoms. The van der Waals surface area contributed by atoms with Crippen molar-refractivity contribution in [3.05, 3.63) is 71.8 Å². The second-order valence-corrected chi connectivity index (χ2v) is 10.3. The number of amides is 1. The third kappa shape index (κ3) is 7.76. The lowest BCUT2D eigenvalue weighted by Gasteiger charge is -2.33. The quantitative estimate of drug-likeness (QED) is 0.374. The maximum atomic E-state index is 11.8. The molecule has 2 fully saturated rings. The molecule has 1 heterocycles. The van der Waals surface area contributed by atoms with Gasteiger partial charge in [0.15, 0.2) is 0 Å². The summed E-state index contributed by atoms with van der Waals surface area (Å²) in [5.41, 5.74) is 8.91. The third-order valence-electron chi connectivity index (χ3n) is 7.60. The van der Waals surface area contributed by atoms with Gasteiger partial charge in [-0.3, -0.25) is 14.5 Å². The van der Waals surface area contributed by atoms with Crippen molar-refractivity contribution >= 4 is 11.9 Å². The van der Waals surface area contributed by atoms with E-state index in [4.69, 9.17) is 20.3 Å². The topological polar surface area (TPSA) is 102 Å². The van der Waals surface area contributed by atoms with Crippen LogP contribution in [-0.2, 0) is 20.9 Å². The van der Waals surface area contributed by atoms with E-state index in [0.29, 0.717) is 31.2 Å². The average Bonchev–Trinajstić information content (AvgIpc) is 3.12. The van der Waals surface area contributed by atoms with Gasteiger partial charge in [-0.15, -0.1) is 0 Å². The molecule has 2 aromatic rings. The van der Waals surface area contributed by atoms with E-state index in [1.54, 1.807) is 6.07 Å². The predicted octanol–water partition coefficient (Wildman–Crippen LogP) is 5.18. The largest absolute Gasteiger partial charge is 0.481 e. The van der Waals surface area contributed by atoms with Gasteiger partial charge >= 0.3 is 5.97 Å². The Bertz CT molecular complexity index is 1080. The second-order valence-electron chi connectivity index (χ2n) is 10.3. The molecule has 2 aliphatic rings. The Hall–Kier alpha value is -3.00. The van der Waals surface area contributed by atoms with Crippen LogP contribution in [0.4, 0.5) is 0 Å². The minimum Gasteiger partial charge on any atom is -0.481 e. The molecule has 0 aromatic heterocycles. The molecule has 204 valence electrons. The normalized spacial score (nSPS) is 22.5. The fraction of sp³-hybridized carbons (Fsp3) is 0.484. The maximum absolute atomic E-state index is 11.8. The first kappa shape index (κ1) is 28.0. The molecule has 1 amide bonds. The van der Waals surface area contributed by atoms with Crippen LogP contribution in [0.15, 0.2) is 60.7 Å². The number of hydrogen-bond donors (Lipinski definition) is 2. The molecule has 0 bridgehead atoms. The highest BCUT2D eigenvalue weighted by Gasteiger charge is 2.40. The first-order chi connectivity index (χ1) is 18.5. The smallest absolute Gasteiger partial charge is 0.303 e. The van der Waals surface area contributed by atoms with Gasteiger partial charge in [-0.1, -0.05) is 67.5 Å². The summed E-state index contributed by atoms with van der Waals surface area (Å²) in [5.74, 6) is -1.22. The van der Waals surface area contributed by atoms with Crippen LogP contribution in [0.5, 0.6) is 0 Å². The molecular weight excluding hydrogens is 480 g/mol. The van der Waals surface area contributed by atoms with Crippen molar-refractivity contribution in [2.45, 2.75) is 76.2 Å². The highest BCUT2D eigenvalue weighted by atomic mass is 16.5. The van der Waals surface area contributed by atoms with Crippen molar-refractivity contribution in [1.29, 1.82) is 0 Å². The first-order valence-corrected chi connectivity index (χ1v) is 13.8. The fourth-order valence-corrected chi connectivity index (χ4v) is 5.62. The van der Waals surface area contributed by atoms with Gasteiger partial charge in [-0.25, -0.2) is 0 Å². The van der Waals surface area contributed by atoms with Gasteiger partial charge in [-0.05, 0) is 68.0 Å². The number of primary amides is 1. The van der Waals surface area contributed by atoms with Crippen molar-refractivity contribution in [3.8, 4) is 11.1 Å². The number of carboxylic acids is 1. The van der Waals surface area contributed by atoms with Crippen LogP contribution in [0.25, 0.3) is 11.1 Å². The number of ether oxygens (including phenoxy) is 2. The molecule has 1 aliphatic heterocycles. The van der Waals surface area contributed by atoms with E-state index in [1.807, 2.05) is 54.6 Å². The number of allylic oxidation sites excluding steroid dienone is 1. The van der Waals surface area contributed by atoms with Gasteiger partial charge in [0.1, 0.15) is 0 Å². The molecule has 3 N–H and O–H groups in total. The zero-order valence-corrected chi connectivity index (χ0v) is 22.1. The standard InChI is InChI=1S/C31H40N2O5/c32-31(36)26-11-6-5-10-25(26)24-15-13-23(14-16-24)22-38-28-18-17-27(33-19-7-1-2-8-20-33)30(28)37-21-9-3-4-12-29(34)35/h3,5-6,9-11,13-16,27-28,30H,1-2,4,7-8,12,17-22H2,(H2,32,36)(H,34,35)/b9-3-/t27-,28+,30+/m0/s1. The van der Waals surface area contributed by atoms with Crippen molar-refractivity contribution in [2.24, 2.45) is 5.73 Å². The van der Waals surface area contributed by atoms with Crippen LogP contribution < -0.4 is 5.73 Å². The molecular formula is C31H40N2O5. The SMILES string of the molecule is NC(=O)c1ccccc1-c1ccc(CO[C@@H]2CC[C@H](N3CCCCCC3)[C@H]2OC/C=C\CCC(=O)O)cc1. The lowest BCUT2D eigenvalue weighted by Crippen LogP contribution is -2.45. The molecule has 7 nitrogen and oxygen atoms in total. The van der Waals surface area contributed by atoms with Gasteiger partial charge in [0.05, 0.1) is 25.4 Å². The van der Waals surface area contributed by atoms with Gasteiger partial charge in [0.2, 0.25) is 5.91 Å². The summed E-state index contributed by atoms with van der Waals surface area (Å²) in [7, 11) is 0. The Morgan fingerprint density at radius 2 is 1.68 bits per heavy atom. The lowest BCUT2D eigenvalue weighted by molar-refractivity contribution is -0.136. The van der Waals surface area contributed by atoms with Gasteiger partial charge < -0.3 is 20.3 Å². The van der Waals surface area contributed by atoms with Crippen LogP contribution in [0.3, 0.4) is 0 Å². The number of likely N-dealkylation sites (tertiary alicyclic amines) is 1. The number of rotatable bonds is 12. The summed E-state index contributed by atoms with van der Waals surface area (Å²) in [5, 5.41) is 8.83. The van der Waals surface area contributed by atoms with Crippen LogP contribution in [-0.4, -0.2) is 59.8 Å². The monoisotopic (exact) mass is 520 g/mol. The number of carbonyl (C=O) groups excluding carboxylic acids is 1. The van der Waals surface area contributed by atoms with E-state index in [0.717, 1.165) is 42.6 Å². The van der Waals surface area contributed by atoms with E-state index in [-0.39, 0.29) is 18.6 Å². The number of nitrogens with two attached hydrogens (primary N) is 1. The Morgan fingerprint density at radius 3 is 2.39 bits per heavy atom. The molecule has 1 aliphatic carbocycles.